The molecule has 0 unspecified atom stereocenters. The van der Waals surface area contributed by atoms with Crippen LogP contribution in [0.3, 0.4) is 0 Å². The van der Waals surface area contributed by atoms with E-state index in [0.717, 1.165) is 18.9 Å². The standard InChI is InChI=1S/C20H23F6N3O/c1-5-12(6-2)27-17-18(30-4)29-16(15(7-3)28-17)13-9-8-11(19(21,22)23)10-14(13)20(24,25)26/h8-10,12H,5-7H2,1-4H3,(H,27,28). The van der Waals surface area contributed by atoms with Crippen LogP contribution in [-0.2, 0) is 18.8 Å². The molecule has 1 N–H and O–H groups in total. The van der Waals surface area contributed by atoms with Crippen LogP contribution in [0.4, 0.5) is 32.2 Å². The molecular formula is C20H23F6N3O. The number of aryl methyl sites for hydroxylation is 1. The molecule has 0 atom stereocenters. The summed E-state index contributed by atoms with van der Waals surface area (Å²) in [4.78, 5) is 8.57. The van der Waals surface area contributed by atoms with Gasteiger partial charge in [-0.25, -0.2) is 9.97 Å². The lowest BCUT2D eigenvalue weighted by atomic mass is 9.98. The molecule has 0 radical (unpaired) electrons. The Morgan fingerprint density at radius 3 is 2.07 bits per heavy atom. The lowest BCUT2D eigenvalue weighted by Gasteiger charge is -2.20. The Labute approximate surface area is 170 Å². The zero-order valence-electron chi connectivity index (χ0n) is 17.0. The highest BCUT2D eigenvalue weighted by atomic mass is 19.4. The maximum absolute atomic E-state index is 13.6. The Balaban J connectivity index is 2.71. The fourth-order valence-corrected chi connectivity index (χ4v) is 3.00. The lowest BCUT2D eigenvalue weighted by molar-refractivity contribution is -0.142. The number of hydrogen-bond donors (Lipinski definition) is 1. The minimum Gasteiger partial charge on any atom is -0.478 e. The number of halogens is 6. The number of hydrogen-bond acceptors (Lipinski definition) is 4. The van der Waals surface area contributed by atoms with Crippen molar-refractivity contribution < 1.29 is 31.1 Å². The largest absolute Gasteiger partial charge is 0.478 e. The molecule has 1 aromatic carbocycles. The van der Waals surface area contributed by atoms with Gasteiger partial charge in [-0.1, -0.05) is 26.8 Å². The molecule has 4 nitrogen and oxygen atoms in total. The summed E-state index contributed by atoms with van der Waals surface area (Å²) in [6, 6.07) is 1.54. The summed E-state index contributed by atoms with van der Waals surface area (Å²) in [6.07, 6.45) is -8.13. The molecule has 0 spiro atoms. The number of anilines is 1. The molecular weight excluding hydrogens is 412 g/mol. The van der Waals surface area contributed by atoms with Gasteiger partial charge in [-0.2, -0.15) is 26.3 Å². The SMILES string of the molecule is CCc1nc(NC(CC)CC)c(OC)nc1-c1ccc(C(F)(F)F)cc1C(F)(F)F. The second kappa shape index (κ2) is 9.09. The Bertz CT molecular complexity index is 876. The number of nitrogens with zero attached hydrogens (tertiary/aromatic N) is 2. The predicted molar refractivity (Wildman–Crippen MR) is 101 cm³/mol. The number of ether oxygens (including phenoxy) is 1. The van der Waals surface area contributed by atoms with E-state index in [2.05, 4.69) is 15.3 Å². The Morgan fingerprint density at radius 2 is 1.60 bits per heavy atom. The van der Waals surface area contributed by atoms with Crippen molar-refractivity contribution in [2.24, 2.45) is 0 Å². The van der Waals surface area contributed by atoms with Crippen LogP contribution in [0.1, 0.15) is 50.4 Å². The summed E-state index contributed by atoms with van der Waals surface area (Å²) < 4.78 is 84.9. The lowest BCUT2D eigenvalue weighted by Crippen LogP contribution is -2.20. The van der Waals surface area contributed by atoms with Gasteiger partial charge in [0.05, 0.1) is 29.6 Å². The Kier molecular flexibility index (Phi) is 7.20. The molecule has 0 saturated heterocycles. The van der Waals surface area contributed by atoms with Crippen molar-refractivity contribution in [1.82, 2.24) is 9.97 Å². The Morgan fingerprint density at radius 1 is 0.967 bits per heavy atom. The normalized spacial score (nSPS) is 12.4. The average molecular weight is 435 g/mol. The van der Waals surface area contributed by atoms with Crippen molar-refractivity contribution in [3.05, 3.63) is 35.0 Å². The first-order valence-electron chi connectivity index (χ1n) is 9.46. The first-order chi connectivity index (χ1) is 14.0. The molecule has 0 amide bonds. The highest BCUT2D eigenvalue weighted by Crippen LogP contribution is 2.42. The summed E-state index contributed by atoms with van der Waals surface area (Å²) in [5.74, 6) is 0.259. The van der Waals surface area contributed by atoms with Gasteiger partial charge in [0, 0.05) is 11.6 Å². The van der Waals surface area contributed by atoms with E-state index < -0.39 is 29.0 Å². The predicted octanol–water partition coefficient (Wildman–Crippen LogP) is 6.35. The van der Waals surface area contributed by atoms with Gasteiger partial charge in [0.2, 0.25) is 0 Å². The number of rotatable bonds is 7. The fourth-order valence-electron chi connectivity index (χ4n) is 3.00. The molecule has 0 aliphatic rings. The van der Waals surface area contributed by atoms with Gasteiger partial charge in [-0.05, 0) is 31.4 Å². The van der Waals surface area contributed by atoms with Crippen molar-refractivity contribution in [2.75, 3.05) is 12.4 Å². The Hall–Kier alpha value is -2.52. The molecule has 0 saturated carbocycles. The van der Waals surface area contributed by atoms with Crippen molar-refractivity contribution in [2.45, 2.75) is 58.4 Å². The summed E-state index contributed by atoms with van der Waals surface area (Å²) in [7, 11) is 1.30. The van der Waals surface area contributed by atoms with Crippen LogP contribution in [0.5, 0.6) is 5.88 Å². The minimum atomic E-state index is -5.01. The van der Waals surface area contributed by atoms with E-state index in [1.54, 1.807) is 6.92 Å². The van der Waals surface area contributed by atoms with Crippen LogP contribution in [0.15, 0.2) is 18.2 Å². The van der Waals surface area contributed by atoms with Crippen molar-refractivity contribution >= 4 is 5.82 Å². The number of alkyl halides is 6. The van der Waals surface area contributed by atoms with Crippen LogP contribution in [-0.4, -0.2) is 23.1 Å². The van der Waals surface area contributed by atoms with E-state index in [0.29, 0.717) is 6.07 Å². The van der Waals surface area contributed by atoms with E-state index in [1.807, 2.05) is 13.8 Å². The third-order valence-electron chi connectivity index (χ3n) is 4.70. The smallest absolute Gasteiger partial charge is 0.417 e. The molecule has 0 aliphatic carbocycles. The summed E-state index contributed by atoms with van der Waals surface area (Å²) >= 11 is 0. The molecule has 2 rings (SSSR count). The first-order valence-corrected chi connectivity index (χ1v) is 9.46. The van der Waals surface area contributed by atoms with E-state index in [9.17, 15) is 26.3 Å². The quantitative estimate of drug-likeness (QED) is 0.515. The molecule has 0 fully saturated rings. The van der Waals surface area contributed by atoms with Crippen molar-refractivity contribution in [3.8, 4) is 17.1 Å². The van der Waals surface area contributed by atoms with Gasteiger partial charge in [-0.15, -0.1) is 0 Å². The topological polar surface area (TPSA) is 47.0 Å². The molecule has 166 valence electrons. The van der Waals surface area contributed by atoms with Gasteiger partial charge in [0.15, 0.2) is 5.82 Å². The van der Waals surface area contributed by atoms with Crippen LogP contribution in [0.2, 0.25) is 0 Å². The van der Waals surface area contributed by atoms with Crippen LogP contribution in [0.25, 0.3) is 11.3 Å². The summed E-state index contributed by atoms with van der Waals surface area (Å²) in [5, 5.41) is 3.16. The van der Waals surface area contributed by atoms with Gasteiger partial charge in [-0.3, -0.25) is 0 Å². The summed E-state index contributed by atoms with van der Waals surface area (Å²) in [6.45, 7) is 5.61. The van der Waals surface area contributed by atoms with E-state index in [1.165, 1.54) is 7.11 Å². The molecule has 10 heteroatoms. The summed E-state index contributed by atoms with van der Waals surface area (Å²) in [5.41, 5.74) is -3.24. The van der Waals surface area contributed by atoms with Crippen molar-refractivity contribution in [3.63, 3.8) is 0 Å². The van der Waals surface area contributed by atoms with Crippen LogP contribution in [0, 0.1) is 0 Å². The first kappa shape index (κ1) is 23.8. The van der Waals surface area contributed by atoms with E-state index >= 15 is 0 Å². The second-order valence-corrected chi connectivity index (χ2v) is 6.64. The molecule has 2 aromatic rings. The maximum atomic E-state index is 13.6. The van der Waals surface area contributed by atoms with Gasteiger partial charge < -0.3 is 10.1 Å². The monoisotopic (exact) mass is 435 g/mol. The fraction of sp³-hybridized carbons (Fsp3) is 0.500. The zero-order chi connectivity index (χ0) is 22.7. The third-order valence-corrected chi connectivity index (χ3v) is 4.70. The average Bonchev–Trinajstić information content (AvgIpc) is 2.69. The van der Waals surface area contributed by atoms with E-state index in [4.69, 9.17) is 4.74 Å². The number of methoxy groups -OCH3 is 1. The molecule has 0 bridgehead atoms. The second-order valence-electron chi connectivity index (χ2n) is 6.64. The van der Waals surface area contributed by atoms with Gasteiger partial charge in [0.1, 0.15) is 0 Å². The van der Waals surface area contributed by atoms with Gasteiger partial charge >= 0.3 is 12.4 Å². The van der Waals surface area contributed by atoms with E-state index in [-0.39, 0.29) is 41.6 Å². The molecule has 1 aromatic heterocycles. The minimum absolute atomic E-state index is 0.0258. The van der Waals surface area contributed by atoms with Crippen LogP contribution < -0.4 is 10.1 Å². The number of aromatic nitrogens is 2. The van der Waals surface area contributed by atoms with Crippen molar-refractivity contribution in [1.29, 1.82) is 0 Å². The molecule has 0 aliphatic heterocycles. The number of benzene rings is 1. The van der Waals surface area contributed by atoms with Gasteiger partial charge in [0.25, 0.3) is 5.88 Å². The maximum Gasteiger partial charge on any atom is 0.417 e. The third kappa shape index (κ3) is 5.14. The highest BCUT2D eigenvalue weighted by Gasteiger charge is 2.39. The number of nitrogens with one attached hydrogen (secondary N) is 1. The van der Waals surface area contributed by atoms with Crippen LogP contribution >= 0.6 is 0 Å². The zero-order valence-corrected chi connectivity index (χ0v) is 17.0. The molecule has 1 heterocycles. The highest BCUT2D eigenvalue weighted by molar-refractivity contribution is 5.69. The molecule has 30 heavy (non-hydrogen) atoms.